The molecule has 0 atom stereocenters. The maximum absolute atomic E-state index is 14.6. The summed E-state index contributed by atoms with van der Waals surface area (Å²) >= 11 is 5.76. The molecule has 1 saturated heterocycles. The van der Waals surface area contributed by atoms with Gasteiger partial charge in [-0.3, -0.25) is 0 Å². The van der Waals surface area contributed by atoms with Crippen molar-refractivity contribution in [2.45, 2.75) is 72.1 Å². The molecule has 1 aliphatic heterocycles. The van der Waals surface area contributed by atoms with Gasteiger partial charge in [-0.2, -0.15) is 5.10 Å². The molecule has 83 heavy (non-hydrogen) atoms. The largest absolute Gasteiger partial charge is 0.493 e. The van der Waals surface area contributed by atoms with Crippen LogP contribution in [0.2, 0.25) is 0 Å². The summed E-state index contributed by atoms with van der Waals surface area (Å²) in [5, 5.41) is 12.2. The molecular weight excluding hydrogens is 1120 g/mol. The maximum Gasteiger partial charge on any atom is 0.343 e. The second kappa shape index (κ2) is 26.6. The highest BCUT2D eigenvalue weighted by Crippen LogP contribution is 2.40. The molecule has 11 rings (SSSR count). The number of aryl methyl sites for hydroxylation is 2. The zero-order valence-corrected chi connectivity index (χ0v) is 49.7. The van der Waals surface area contributed by atoms with Gasteiger partial charge < -0.3 is 23.7 Å². The van der Waals surface area contributed by atoms with Crippen molar-refractivity contribution in [2.75, 3.05) is 39.6 Å². The first kappa shape index (κ1) is 57.0. The van der Waals surface area contributed by atoms with E-state index in [2.05, 4.69) is 121 Å². The van der Waals surface area contributed by atoms with Crippen molar-refractivity contribution in [1.82, 2.24) is 0 Å². The lowest BCUT2D eigenvalue weighted by atomic mass is 9.84. The molecule has 0 unspecified atom stereocenters. The van der Waals surface area contributed by atoms with Crippen molar-refractivity contribution in [1.29, 1.82) is 0 Å². The number of fused-ring (bicyclic) bond motifs is 6. The summed E-state index contributed by atoms with van der Waals surface area (Å²) in [5.41, 5.74) is 13.0. The Morgan fingerprint density at radius 3 is 2.06 bits per heavy atom. The van der Waals surface area contributed by atoms with Crippen LogP contribution in [0.25, 0.3) is 54.6 Å². The minimum absolute atomic E-state index is 0.0937. The Morgan fingerprint density at radius 2 is 1.35 bits per heavy atom. The number of esters is 2. The lowest BCUT2D eigenvalue weighted by Gasteiger charge is -2.40. The van der Waals surface area contributed by atoms with Crippen LogP contribution in [0.1, 0.15) is 118 Å². The molecule has 0 spiro atoms. The van der Waals surface area contributed by atoms with Crippen molar-refractivity contribution in [3.63, 3.8) is 0 Å². The third kappa shape index (κ3) is 13.2. The Morgan fingerprint density at radius 1 is 0.663 bits per heavy atom. The number of ether oxygens (including phenoxy) is 5. The monoisotopic (exact) mass is 1180 g/mol. The van der Waals surface area contributed by atoms with Crippen LogP contribution >= 0.6 is 27.3 Å². The van der Waals surface area contributed by atoms with E-state index in [0.717, 1.165) is 133 Å². The van der Waals surface area contributed by atoms with E-state index in [1.807, 2.05) is 85.8 Å². The number of hydrogen-bond donors (Lipinski definition) is 0. The highest BCUT2D eigenvalue weighted by atomic mass is 79.9. The molecular formula is C72H67BrN2O7S. The number of unbranched alkanes of at least 4 members (excludes halogenated alkanes) is 3. The van der Waals surface area contributed by atoms with Crippen LogP contribution in [0.15, 0.2) is 178 Å². The van der Waals surface area contributed by atoms with Gasteiger partial charge in [0.25, 0.3) is 0 Å². The summed E-state index contributed by atoms with van der Waals surface area (Å²) in [6.07, 6.45) is 13.0. The van der Waals surface area contributed by atoms with Crippen molar-refractivity contribution < 1.29 is 33.3 Å². The van der Waals surface area contributed by atoms with E-state index in [4.69, 9.17) is 33.9 Å². The molecule has 8 aromatic carbocycles. The van der Waals surface area contributed by atoms with Crippen molar-refractivity contribution in [3.05, 3.63) is 224 Å². The van der Waals surface area contributed by atoms with E-state index in [9.17, 15) is 9.59 Å². The van der Waals surface area contributed by atoms with Crippen LogP contribution < -0.4 is 9.47 Å². The number of hydrogen-bond acceptors (Lipinski definition) is 10. The molecule has 9 nitrogen and oxygen atoms in total. The highest BCUT2D eigenvalue weighted by Gasteiger charge is 2.37. The Labute approximate surface area is 498 Å². The van der Waals surface area contributed by atoms with E-state index in [0.29, 0.717) is 39.8 Å². The van der Waals surface area contributed by atoms with E-state index in [1.165, 1.54) is 25.7 Å². The SMILES string of the molecule is CCCc1ccc(C(=O)OCCc2cc(/C=N/N=C3c4ccccc4-c4ccccc43)c(OC(=O)c3ccc(OCCCCCCOCC4(CC)COC4)c(C)c3)c(/C=C/c3ccc(-c4ccc5c(c4)sc4ccccc45)cc3)c2Br)cc1. The van der Waals surface area contributed by atoms with Crippen LogP contribution in [-0.4, -0.2) is 63.5 Å². The van der Waals surface area contributed by atoms with E-state index in [1.54, 1.807) is 23.6 Å². The molecule has 1 aliphatic carbocycles. The third-order valence-corrected chi connectivity index (χ3v) is 17.9. The van der Waals surface area contributed by atoms with Gasteiger partial charge in [0.05, 0.1) is 50.4 Å². The molecule has 1 aromatic heterocycles. The Hall–Kier alpha value is -7.80. The van der Waals surface area contributed by atoms with E-state index >= 15 is 0 Å². The molecule has 0 radical (unpaired) electrons. The van der Waals surface area contributed by atoms with Gasteiger partial charge in [-0.15, -0.1) is 16.4 Å². The van der Waals surface area contributed by atoms with Crippen LogP contribution in [-0.2, 0) is 27.1 Å². The van der Waals surface area contributed by atoms with E-state index in [-0.39, 0.29) is 17.8 Å². The molecule has 1 fully saturated rings. The summed E-state index contributed by atoms with van der Waals surface area (Å²) < 4.78 is 33.3. The number of carbonyl (C=O) groups excluding carboxylic acids is 2. The quantitative estimate of drug-likeness (QED) is 0.0148. The second-order valence-electron chi connectivity index (χ2n) is 21.6. The van der Waals surface area contributed by atoms with Gasteiger partial charge in [-0.1, -0.05) is 148 Å². The zero-order valence-electron chi connectivity index (χ0n) is 47.3. The lowest BCUT2D eigenvalue weighted by Crippen LogP contribution is -2.45. The van der Waals surface area contributed by atoms with Crippen molar-refractivity contribution in [2.24, 2.45) is 15.6 Å². The molecule has 0 amide bonds. The van der Waals surface area contributed by atoms with Crippen LogP contribution in [0.4, 0.5) is 0 Å². The number of carbonyl (C=O) groups is 2. The van der Waals surface area contributed by atoms with Crippen molar-refractivity contribution in [3.8, 4) is 33.8 Å². The third-order valence-electron chi connectivity index (χ3n) is 15.8. The maximum atomic E-state index is 14.6. The van der Waals surface area contributed by atoms with Gasteiger partial charge in [-0.05, 0) is 154 Å². The normalized spacial score (nSPS) is 13.4. The fourth-order valence-corrected chi connectivity index (χ4v) is 12.6. The zero-order chi connectivity index (χ0) is 57.1. The Bertz CT molecular complexity index is 3840. The molecule has 0 bridgehead atoms. The average Bonchev–Trinajstić information content (AvgIpc) is 4.18. The molecule has 2 heterocycles. The number of thiophene rings is 1. The minimum atomic E-state index is -0.552. The lowest BCUT2D eigenvalue weighted by molar-refractivity contribution is -0.150. The number of nitrogens with zero attached hydrogens (tertiary/aromatic N) is 2. The average molecular weight is 1180 g/mol. The standard InChI is InChI=1S/C72H67BrN2O7S/c1-4-16-49-25-30-52(31-26-49)70(76)81-40-37-54-42-56(44-74-75-68-61-20-10-8-17-57(61)58-18-9-11-21-62(58)68)69(82-71(77)55-33-36-64(48(3)41-55)80-39-15-7-6-14-38-78-45-72(5-2)46-79-47-72)63(67(54)73)34-27-50-23-28-51(29-24-50)53-32-35-60-59-19-12-13-22-65(59)83-66(60)43-53/h8-13,17-36,41-44H,4-7,14-16,37-40,45-47H2,1-3H3/b34-27+,74-44+. The first-order valence-corrected chi connectivity index (χ1v) is 30.5. The summed E-state index contributed by atoms with van der Waals surface area (Å²) in [5.74, 6) is 0.0433. The number of rotatable bonds is 24. The van der Waals surface area contributed by atoms with Gasteiger partial charge in [0.2, 0.25) is 0 Å². The molecule has 0 saturated carbocycles. The predicted octanol–water partition coefficient (Wildman–Crippen LogP) is 17.8. The van der Waals surface area contributed by atoms with Gasteiger partial charge in [0.1, 0.15) is 17.2 Å². The molecule has 11 heteroatoms. The smallest absolute Gasteiger partial charge is 0.343 e. The summed E-state index contributed by atoms with van der Waals surface area (Å²) in [7, 11) is 0. The van der Waals surface area contributed by atoms with Crippen molar-refractivity contribution >= 4 is 83.5 Å². The molecule has 420 valence electrons. The van der Waals surface area contributed by atoms with E-state index < -0.39 is 11.9 Å². The molecule has 9 aromatic rings. The molecule has 2 aliphatic rings. The highest BCUT2D eigenvalue weighted by molar-refractivity contribution is 9.10. The number of halogens is 1. The fourth-order valence-electron chi connectivity index (χ4n) is 10.8. The van der Waals surface area contributed by atoms with Crippen LogP contribution in [0, 0.1) is 12.3 Å². The van der Waals surface area contributed by atoms with Crippen LogP contribution in [0.3, 0.4) is 0 Å². The molecule has 0 N–H and O–H groups in total. The summed E-state index contributed by atoms with van der Waals surface area (Å²) in [6.45, 7) is 10.1. The van der Waals surface area contributed by atoms with Gasteiger partial charge in [0.15, 0.2) is 0 Å². The van der Waals surface area contributed by atoms with Crippen LogP contribution in [0.5, 0.6) is 11.5 Å². The topological polar surface area (TPSA) is 105 Å². The summed E-state index contributed by atoms with van der Waals surface area (Å²) in [4.78, 5) is 28.0. The summed E-state index contributed by atoms with van der Waals surface area (Å²) in [6, 6.07) is 54.9. The van der Waals surface area contributed by atoms with Gasteiger partial charge in [-0.25, -0.2) is 9.59 Å². The Balaban J connectivity index is 0.880. The van der Waals surface area contributed by atoms with Gasteiger partial charge in [0, 0.05) is 65.3 Å². The second-order valence-corrected chi connectivity index (χ2v) is 23.5. The predicted molar refractivity (Wildman–Crippen MR) is 342 cm³/mol. The number of benzene rings is 8. The minimum Gasteiger partial charge on any atom is -0.493 e. The Kier molecular flexibility index (Phi) is 18.3. The van der Waals surface area contributed by atoms with Gasteiger partial charge >= 0.3 is 11.9 Å². The first-order chi connectivity index (χ1) is 40.7. The fraction of sp³-hybridized carbons (Fsp3) is 0.250. The first-order valence-electron chi connectivity index (χ1n) is 28.9.